The summed E-state index contributed by atoms with van der Waals surface area (Å²) in [6.45, 7) is 5.49. The van der Waals surface area contributed by atoms with Gasteiger partial charge in [0, 0.05) is 18.7 Å². The van der Waals surface area contributed by atoms with Crippen LogP contribution in [0.4, 0.5) is 5.82 Å². The van der Waals surface area contributed by atoms with Crippen LogP contribution in [-0.4, -0.2) is 40.3 Å². The minimum atomic E-state index is -0.146. The van der Waals surface area contributed by atoms with E-state index >= 15 is 0 Å². The first-order valence-corrected chi connectivity index (χ1v) is 9.23. The number of benzene rings is 1. The summed E-state index contributed by atoms with van der Waals surface area (Å²) in [6, 6.07) is 7.40. The molecule has 2 saturated heterocycles. The van der Waals surface area contributed by atoms with Crippen LogP contribution in [-0.2, 0) is 4.79 Å². The molecule has 2 fully saturated rings. The van der Waals surface area contributed by atoms with Crippen molar-refractivity contribution in [1.82, 2.24) is 15.5 Å². The van der Waals surface area contributed by atoms with Crippen molar-refractivity contribution in [3.05, 3.63) is 35.4 Å². The number of nitrogens with one attached hydrogen (secondary N) is 1. The molecule has 2 aliphatic rings. The number of rotatable bonds is 2. The van der Waals surface area contributed by atoms with Crippen molar-refractivity contribution in [3.8, 4) is 17.0 Å². The third-order valence-electron chi connectivity index (χ3n) is 5.50. The predicted molar refractivity (Wildman–Crippen MR) is 100 cm³/mol. The maximum absolute atomic E-state index is 12.4. The molecule has 0 spiro atoms. The van der Waals surface area contributed by atoms with E-state index in [0.29, 0.717) is 17.2 Å². The number of fused-ring (bicyclic) bond motifs is 1. The molecule has 26 heavy (non-hydrogen) atoms. The van der Waals surface area contributed by atoms with Gasteiger partial charge in [0.05, 0.1) is 5.69 Å². The minimum Gasteiger partial charge on any atom is -0.507 e. The fourth-order valence-corrected chi connectivity index (χ4v) is 4.37. The summed E-state index contributed by atoms with van der Waals surface area (Å²) < 4.78 is 0. The molecule has 1 amide bonds. The molecule has 2 atom stereocenters. The van der Waals surface area contributed by atoms with Crippen molar-refractivity contribution in [2.45, 2.75) is 39.2 Å². The Morgan fingerprint density at radius 2 is 2.04 bits per heavy atom. The summed E-state index contributed by atoms with van der Waals surface area (Å²) in [6.07, 6.45) is 3.18. The molecule has 4 rings (SSSR count). The molecule has 1 aromatic heterocycles. The number of anilines is 1. The highest BCUT2D eigenvalue weighted by atomic mass is 16.3. The average molecular weight is 352 g/mol. The summed E-state index contributed by atoms with van der Waals surface area (Å²) in [5.74, 6) is 1.43. The number of aromatic nitrogens is 2. The number of carbonyl (C=O) groups is 1. The number of aryl methyl sites for hydroxylation is 2. The lowest BCUT2D eigenvalue weighted by Gasteiger charge is -2.43. The van der Waals surface area contributed by atoms with Crippen LogP contribution in [0, 0.1) is 19.8 Å². The number of carbonyl (C=O) groups excluding carboxylic acids is 1. The van der Waals surface area contributed by atoms with Crippen LogP contribution in [0.15, 0.2) is 24.3 Å². The number of amides is 1. The first kappa shape index (κ1) is 16.8. The van der Waals surface area contributed by atoms with Gasteiger partial charge in [0.15, 0.2) is 5.82 Å². The van der Waals surface area contributed by atoms with Gasteiger partial charge in [-0.1, -0.05) is 6.07 Å². The minimum absolute atomic E-state index is 0.0962. The standard InChI is InChI=1S/C20H24N4O2/c1-12-10-13(2)18(16(25)11-12)15-5-6-17(23-22-15)24-9-3-4-14-7-8-21-20(26)19(14)24/h5-6,10-11,14,19,25H,3-4,7-9H2,1-2H3,(H,21,26). The van der Waals surface area contributed by atoms with Gasteiger partial charge in [0.2, 0.25) is 5.91 Å². The summed E-state index contributed by atoms with van der Waals surface area (Å²) in [7, 11) is 0. The van der Waals surface area contributed by atoms with Gasteiger partial charge in [-0.25, -0.2) is 0 Å². The van der Waals surface area contributed by atoms with E-state index < -0.39 is 0 Å². The summed E-state index contributed by atoms with van der Waals surface area (Å²) >= 11 is 0. The molecule has 0 bridgehead atoms. The van der Waals surface area contributed by atoms with E-state index in [1.165, 1.54) is 0 Å². The Morgan fingerprint density at radius 1 is 1.19 bits per heavy atom. The molecule has 6 nitrogen and oxygen atoms in total. The molecule has 3 heterocycles. The maximum Gasteiger partial charge on any atom is 0.243 e. The van der Waals surface area contributed by atoms with Crippen LogP contribution in [0.2, 0.25) is 0 Å². The van der Waals surface area contributed by atoms with E-state index in [9.17, 15) is 9.90 Å². The molecule has 0 aliphatic carbocycles. The SMILES string of the molecule is Cc1cc(C)c(-c2ccc(N3CCCC4CCNC(=O)C43)nn2)c(O)c1. The van der Waals surface area contributed by atoms with Gasteiger partial charge < -0.3 is 15.3 Å². The van der Waals surface area contributed by atoms with Gasteiger partial charge >= 0.3 is 0 Å². The first-order chi connectivity index (χ1) is 12.5. The van der Waals surface area contributed by atoms with Gasteiger partial charge in [-0.2, -0.15) is 0 Å². The number of hydrogen-bond donors (Lipinski definition) is 2. The molecule has 1 aromatic carbocycles. The zero-order chi connectivity index (χ0) is 18.3. The highest BCUT2D eigenvalue weighted by Gasteiger charge is 2.39. The van der Waals surface area contributed by atoms with Crippen molar-refractivity contribution < 1.29 is 9.90 Å². The Morgan fingerprint density at radius 3 is 2.77 bits per heavy atom. The Balaban J connectivity index is 1.65. The third kappa shape index (κ3) is 2.89. The Bertz CT molecular complexity index is 809. The number of nitrogens with zero attached hydrogens (tertiary/aromatic N) is 3. The van der Waals surface area contributed by atoms with Crippen LogP contribution in [0.25, 0.3) is 11.3 Å². The molecule has 2 aromatic rings. The van der Waals surface area contributed by atoms with Crippen LogP contribution in [0.1, 0.15) is 30.4 Å². The molecule has 0 radical (unpaired) electrons. The maximum atomic E-state index is 12.4. The lowest BCUT2D eigenvalue weighted by Crippen LogP contribution is -2.58. The monoisotopic (exact) mass is 352 g/mol. The first-order valence-electron chi connectivity index (χ1n) is 9.23. The number of aromatic hydroxyl groups is 1. The normalized spacial score (nSPS) is 22.7. The fourth-order valence-electron chi connectivity index (χ4n) is 4.37. The van der Waals surface area contributed by atoms with E-state index in [0.717, 1.165) is 49.3 Å². The molecule has 0 saturated carbocycles. The highest BCUT2D eigenvalue weighted by Crippen LogP contribution is 2.34. The smallest absolute Gasteiger partial charge is 0.243 e. The van der Waals surface area contributed by atoms with Gasteiger partial charge in [-0.05, 0) is 68.4 Å². The van der Waals surface area contributed by atoms with Gasteiger partial charge in [0.25, 0.3) is 0 Å². The molecule has 6 heteroatoms. The van der Waals surface area contributed by atoms with Gasteiger partial charge in [0.1, 0.15) is 11.8 Å². The topological polar surface area (TPSA) is 78.4 Å². The van der Waals surface area contributed by atoms with Crippen molar-refractivity contribution in [2.24, 2.45) is 5.92 Å². The molecule has 2 N–H and O–H groups in total. The van der Waals surface area contributed by atoms with Crippen LogP contribution in [0.3, 0.4) is 0 Å². The summed E-state index contributed by atoms with van der Waals surface area (Å²) in [5, 5.41) is 22.0. The van der Waals surface area contributed by atoms with E-state index in [2.05, 4.69) is 20.4 Å². The third-order valence-corrected chi connectivity index (χ3v) is 5.50. The van der Waals surface area contributed by atoms with Crippen LogP contribution in [0.5, 0.6) is 5.75 Å². The van der Waals surface area contributed by atoms with Gasteiger partial charge in [-0.3, -0.25) is 4.79 Å². The Kier molecular flexibility index (Phi) is 4.26. The van der Waals surface area contributed by atoms with Crippen LogP contribution >= 0.6 is 0 Å². The van der Waals surface area contributed by atoms with E-state index in [1.807, 2.05) is 32.0 Å². The molecule has 136 valence electrons. The quantitative estimate of drug-likeness (QED) is 0.868. The molecular formula is C20H24N4O2. The zero-order valence-corrected chi connectivity index (χ0v) is 15.2. The number of phenolic OH excluding ortho intramolecular Hbond substituents is 1. The van der Waals surface area contributed by atoms with Crippen molar-refractivity contribution in [1.29, 1.82) is 0 Å². The lowest BCUT2D eigenvalue weighted by molar-refractivity contribution is -0.125. The number of piperidine rings is 2. The Labute approximate surface area is 153 Å². The lowest BCUT2D eigenvalue weighted by atomic mass is 9.83. The van der Waals surface area contributed by atoms with Crippen molar-refractivity contribution in [2.75, 3.05) is 18.0 Å². The van der Waals surface area contributed by atoms with Gasteiger partial charge in [-0.15, -0.1) is 10.2 Å². The van der Waals surface area contributed by atoms with Crippen molar-refractivity contribution in [3.63, 3.8) is 0 Å². The zero-order valence-electron chi connectivity index (χ0n) is 15.2. The summed E-state index contributed by atoms with van der Waals surface area (Å²) in [5.41, 5.74) is 3.33. The number of phenols is 1. The largest absolute Gasteiger partial charge is 0.507 e. The second-order valence-corrected chi connectivity index (χ2v) is 7.37. The summed E-state index contributed by atoms with van der Waals surface area (Å²) in [4.78, 5) is 14.5. The average Bonchev–Trinajstić information content (AvgIpc) is 2.61. The molecular weight excluding hydrogens is 328 g/mol. The van der Waals surface area contributed by atoms with E-state index in [-0.39, 0.29) is 17.7 Å². The van der Waals surface area contributed by atoms with E-state index in [4.69, 9.17) is 0 Å². The Hall–Kier alpha value is -2.63. The second kappa shape index (κ2) is 6.59. The highest BCUT2D eigenvalue weighted by molar-refractivity contribution is 5.86. The molecule has 2 unspecified atom stereocenters. The predicted octanol–water partition coefficient (Wildman–Crippen LogP) is 2.57. The van der Waals surface area contributed by atoms with Crippen molar-refractivity contribution >= 4 is 11.7 Å². The second-order valence-electron chi connectivity index (χ2n) is 7.37. The fraction of sp³-hybridized carbons (Fsp3) is 0.450. The van der Waals surface area contributed by atoms with Crippen LogP contribution < -0.4 is 10.2 Å². The molecule has 2 aliphatic heterocycles. The van der Waals surface area contributed by atoms with E-state index in [1.54, 1.807) is 6.07 Å². The number of hydrogen-bond acceptors (Lipinski definition) is 5.